The number of anilines is 1. The summed E-state index contributed by atoms with van der Waals surface area (Å²) in [5, 5.41) is 23.2. The minimum atomic E-state index is -1.22. The second kappa shape index (κ2) is 7.95. The number of fused-ring (bicyclic) bond motifs is 1. The number of aliphatic carboxylic acids is 1. The first-order valence-electron chi connectivity index (χ1n) is 8.59. The maximum atomic E-state index is 12.4. The molecule has 3 rings (SSSR count). The third-order valence-electron chi connectivity index (χ3n) is 4.47. The average molecular weight is 385 g/mol. The monoisotopic (exact) mass is 385 g/mol. The fourth-order valence-corrected chi connectivity index (χ4v) is 3.12. The predicted octanol–water partition coefficient (Wildman–Crippen LogP) is 1.91. The third kappa shape index (κ3) is 4.03. The molecule has 9 heteroatoms. The van der Waals surface area contributed by atoms with Crippen molar-refractivity contribution >= 4 is 23.3 Å². The second-order valence-electron chi connectivity index (χ2n) is 6.41. The van der Waals surface area contributed by atoms with Crippen LogP contribution < -0.4 is 15.0 Å². The van der Waals surface area contributed by atoms with Crippen molar-refractivity contribution < 1.29 is 24.4 Å². The van der Waals surface area contributed by atoms with E-state index in [1.807, 2.05) is 0 Å². The number of nitrogens with one attached hydrogen (secondary N) is 1. The van der Waals surface area contributed by atoms with Gasteiger partial charge in [-0.2, -0.15) is 0 Å². The van der Waals surface area contributed by atoms with Crippen molar-refractivity contribution in [1.29, 1.82) is 0 Å². The van der Waals surface area contributed by atoms with Crippen LogP contribution in [0.15, 0.2) is 42.5 Å². The van der Waals surface area contributed by atoms with E-state index in [1.165, 1.54) is 30.1 Å². The molecular formula is C19H19N3O6. The Bertz CT molecular complexity index is 930. The lowest BCUT2D eigenvalue weighted by atomic mass is 10.0. The van der Waals surface area contributed by atoms with E-state index in [0.717, 1.165) is 11.3 Å². The van der Waals surface area contributed by atoms with E-state index >= 15 is 0 Å². The number of carbonyl (C=O) groups excluding carboxylic acids is 1. The molecule has 2 aromatic rings. The number of carboxylic acid groups (broad SMARTS) is 1. The molecule has 28 heavy (non-hydrogen) atoms. The Morgan fingerprint density at radius 1 is 1.32 bits per heavy atom. The fourth-order valence-electron chi connectivity index (χ4n) is 3.12. The molecule has 0 saturated carbocycles. The Morgan fingerprint density at radius 2 is 2.07 bits per heavy atom. The first kappa shape index (κ1) is 19.2. The SMILES string of the molecule is CN(CC(=O)NC(C(=O)O)c1ccc2c(c1)CCO2)c1ccccc1[N+](=O)[O-]. The van der Waals surface area contributed by atoms with Gasteiger partial charge < -0.3 is 20.1 Å². The topological polar surface area (TPSA) is 122 Å². The molecule has 1 atom stereocenters. The predicted molar refractivity (Wildman–Crippen MR) is 101 cm³/mol. The number of hydrogen-bond donors (Lipinski definition) is 2. The Balaban J connectivity index is 1.73. The largest absolute Gasteiger partial charge is 0.493 e. The number of rotatable bonds is 7. The molecule has 1 unspecified atom stereocenters. The molecule has 1 aliphatic rings. The number of ether oxygens (including phenoxy) is 1. The number of likely N-dealkylation sites (N-methyl/N-ethyl adjacent to an activating group) is 1. The van der Waals surface area contributed by atoms with Gasteiger partial charge in [-0.15, -0.1) is 0 Å². The maximum Gasteiger partial charge on any atom is 0.330 e. The van der Waals surface area contributed by atoms with E-state index in [4.69, 9.17) is 4.74 Å². The van der Waals surface area contributed by atoms with E-state index < -0.39 is 22.8 Å². The van der Waals surface area contributed by atoms with E-state index in [1.54, 1.807) is 24.3 Å². The van der Waals surface area contributed by atoms with E-state index in [9.17, 15) is 24.8 Å². The average Bonchev–Trinajstić information content (AvgIpc) is 3.13. The van der Waals surface area contributed by atoms with Gasteiger partial charge in [-0.05, 0) is 29.3 Å². The van der Waals surface area contributed by atoms with Crippen LogP contribution in [0.2, 0.25) is 0 Å². The summed E-state index contributed by atoms with van der Waals surface area (Å²) in [7, 11) is 1.53. The molecule has 9 nitrogen and oxygen atoms in total. The van der Waals surface area contributed by atoms with Crippen LogP contribution in [0.1, 0.15) is 17.2 Å². The summed E-state index contributed by atoms with van der Waals surface area (Å²) in [4.78, 5) is 36.1. The minimum absolute atomic E-state index is 0.133. The summed E-state index contributed by atoms with van der Waals surface area (Å²) in [5.74, 6) is -1.04. The number of nitro groups is 1. The zero-order valence-electron chi connectivity index (χ0n) is 15.1. The van der Waals surface area contributed by atoms with Crippen LogP contribution >= 0.6 is 0 Å². The number of para-hydroxylation sites is 2. The van der Waals surface area contributed by atoms with Gasteiger partial charge in [0.2, 0.25) is 5.91 Å². The molecule has 0 saturated heterocycles. The smallest absolute Gasteiger partial charge is 0.330 e. The number of carboxylic acids is 1. The first-order chi connectivity index (χ1) is 13.4. The standard InChI is InChI=1S/C19H19N3O6/c1-21(14-4-2-3-5-15(14)22(26)27)11-17(23)20-18(19(24)25)13-6-7-16-12(10-13)8-9-28-16/h2-7,10,18H,8-9,11H2,1H3,(H,20,23)(H,24,25). The highest BCUT2D eigenvalue weighted by Crippen LogP contribution is 2.29. The highest BCUT2D eigenvalue weighted by molar-refractivity contribution is 5.87. The van der Waals surface area contributed by atoms with Crippen molar-refractivity contribution in [3.05, 3.63) is 63.7 Å². The van der Waals surface area contributed by atoms with Crippen molar-refractivity contribution in [1.82, 2.24) is 5.32 Å². The Hall–Kier alpha value is -3.62. The molecule has 1 heterocycles. The second-order valence-corrected chi connectivity index (χ2v) is 6.41. The van der Waals surface area contributed by atoms with Gasteiger partial charge in [-0.1, -0.05) is 18.2 Å². The molecular weight excluding hydrogens is 366 g/mol. The molecule has 0 bridgehead atoms. The Morgan fingerprint density at radius 3 is 2.79 bits per heavy atom. The summed E-state index contributed by atoms with van der Waals surface area (Å²) in [5.41, 5.74) is 1.48. The van der Waals surface area contributed by atoms with Crippen molar-refractivity contribution in [3.63, 3.8) is 0 Å². The number of nitrogens with zero attached hydrogens (tertiary/aromatic N) is 2. The summed E-state index contributed by atoms with van der Waals surface area (Å²) in [6.45, 7) is 0.312. The van der Waals surface area contributed by atoms with Crippen LogP contribution in [-0.4, -0.2) is 42.1 Å². The molecule has 0 aliphatic carbocycles. The Labute approximate surface area is 160 Å². The van der Waals surface area contributed by atoms with Crippen molar-refractivity contribution in [2.45, 2.75) is 12.5 Å². The molecule has 146 valence electrons. The Kier molecular flexibility index (Phi) is 5.44. The molecule has 0 fully saturated rings. The summed E-state index contributed by atoms with van der Waals surface area (Å²) < 4.78 is 5.41. The lowest BCUT2D eigenvalue weighted by Crippen LogP contribution is -2.40. The van der Waals surface area contributed by atoms with Gasteiger partial charge in [0.15, 0.2) is 6.04 Å². The number of nitro benzene ring substituents is 1. The maximum absolute atomic E-state index is 12.4. The van der Waals surface area contributed by atoms with Gasteiger partial charge in [-0.3, -0.25) is 14.9 Å². The molecule has 0 radical (unpaired) electrons. The van der Waals surface area contributed by atoms with Gasteiger partial charge in [0.05, 0.1) is 18.1 Å². The molecule has 0 aromatic heterocycles. The van der Waals surface area contributed by atoms with Gasteiger partial charge in [0.1, 0.15) is 11.4 Å². The molecule has 1 amide bonds. The number of hydrogen-bond acceptors (Lipinski definition) is 6. The molecule has 2 aromatic carbocycles. The van der Waals surface area contributed by atoms with Crippen molar-refractivity contribution in [3.8, 4) is 5.75 Å². The van der Waals surface area contributed by atoms with Crippen LogP contribution in [0.4, 0.5) is 11.4 Å². The fraction of sp³-hybridized carbons (Fsp3) is 0.263. The molecule has 2 N–H and O–H groups in total. The van der Waals surface area contributed by atoms with E-state index in [0.29, 0.717) is 18.6 Å². The van der Waals surface area contributed by atoms with Crippen LogP contribution in [-0.2, 0) is 16.0 Å². The van der Waals surface area contributed by atoms with Crippen LogP contribution in [0.3, 0.4) is 0 Å². The normalized spacial score (nSPS) is 13.2. The zero-order valence-corrected chi connectivity index (χ0v) is 15.1. The van der Waals surface area contributed by atoms with Crippen LogP contribution in [0.5, 0.6) is 5.75 Å². The molecule has 0 spiro atoms. The van der Waals surface area contributed by atoms with Gasteiger partial charge >= 0.3 is 5.97 Å². The zero-order chi connectivity index (χ0) is 20.3. The summed E-state index contributed by atoms with van der Waals surface area (Å²) in [6.07, 6.45) is 0.684. The minimum Gasteiger partial charge on any atom is -0.493 e. The summed E-state index contributed by atoms with van der Waals surface area (Å²) in [6, 6.07) is 9.83. The third-order valence-corrected chi connectivity index (χ3v) is 4.47. The lowest BCUT2D eigenvalue weighted by Gasteiger charge is -2.21. The van der Waals surface area contributed by atoms with E-state index in [2.05, 4.69) is 5.32 Å². The first-order valence-corrected chi connectivity index (χ1v) is 8.59. The van der Waals surface area contributed by atoms with Crippen LogP contribution in [0, 0.1) is 10.1 Å². The van der Waals surface area contributed by atoms with Crippen molar-refractivity contribution in [2.24, 2.45) is 0 Å². The van der Waals surface area contributed by atoms with Crippen molar-refractivity contribution in [2.75, 3.05) is 25.1 Å². The highest BCUT2D eigenvalue weighted by Gasteiger charge is 2.25. The number of amides is 1. The van der Waals surface area contributed by atoms with Crippen LogP contribution in [0.25, 0.3) is 0 Å². The quantitative estimate of drug-likeness (QED) is 0.551. The summed E-state index contributed by atoms with van der Waals surface area (Å²) >= 11 is 0. The van der Waals surface area contributed by atoms with Gasteiger partial charge in [0.25, 0.3) is 5.69 Å². The number of carbonyl (C=O) groups is 2. The van der Waals surface area contributed by atoms with Gasteiger partial charge in [0, 0.05) is 19.5 Å². The number of benzene rings is 2. The molecule has 1 aliphatic heterocycles. The van der Waals surface area contributed by atoms with E-state index in [-0.39, 0.29) is 17.9 Å². The highest BCUT2D eigenvalue weighted by atomic mass is 16.6. The lowest BCUT2D eigenvalue weighted by molar-refractivity contribution is -0.384. The van der Waals surface area contributed by atoms with Gasteiger partial charge in [-0.25, -0.2) is 4.79 Å².